The molecular formula is C27H25N5O2. The number of fused-ring (bicyclic) bond motifs is 3. The molecule has 3 N–H and O–H groups in total. The van der Waals surface area contributed by atoms with Gasteiger partial charge in [-0.25, -0.2) is 4.79 Å². The Balaban J connectivity index is 1.09. The number of hydrogen-bond acceptors (Lipinski definition) is 4. The van der Waals surface area contributed by atoms with Crippen molar-refractivity contribution >= 4 is 17.4 Å². The molecule has 1 aromatic heterocycles. The second-order valence-corrected chi connectivity index (χ2v) is 8.76. The van der Waals surface area contributed by atoms with Crippen LogP contribution in [0.3, 0.4) is 0 Å². The molecular weight excluding hydrogens is 426 g/mol. The van der Waals surface area contributed by atoms with E-state index in [0.29, 0.717) is 13.1 Å². The van der Waals surface area contributed by atoms with Crippen LogP contribution in [-0.4, -0.2) is 52.4 Å². The molecule has 3 aromatic carbocycles. The third kappa shape index (κ3) is 3.65. The number of nitrogens with one attached hydrogen (secondary N) is 2. The molecule has 6 rings (SSSR count). The lowest BCUT2D eigenvalue weighted by Crippen LogP contribution is -2.50. The maximum Gasteiger partial charge on any atom is 0.321 e. The molecule has 1 saturated heterocycles. The standard InChI is InChI=1S/C27H25N5O2/c33-22-11-9-21(10-12-22)31-13-15-32(16-14-31)27(34)28-20-7-5-18(6-8-20)25-24-17-19-3-1-2-4-23(19)26(24)30-29-25/h1-12,33H,13-17H2,(H,28,34)(H,29,30). The summed E-state index contributed by atoms with van der Waals surface area (Å²) in [7, 11) is 0. The minimum atomic E-state index is -0.0887. The molecule has 7 heteroatoms. The van der Waals surface area contributed by atoms with Crippen molar-refractivity contribution in [2.24, 2.45) is 0 Å². The summed E-state index contributed by atoms with van der Waals surface area (Å²) < 4.78 is 0. The Morgan fingerprint density at radius 2 is 1.65 bits per heavy atom. The van der Waals surface area contributed by atoms with E-state index in [2.05, 4.69) is 44.7 Å². The molecule has 34 heavy (non-hydrogen) atoms. The average molecular weight is 452 g/mol. The van der Waals surface area contributed by atoms with Crippen molar-refractivity contribution in [1.82, 2.24) is 15.1 Å². The number of urea groups is 1. The van der Waals surface area contributed by atoms with Gasteiger partial charge in [-0.1, -0.05) is 36.4 Å². The Morgan fingerprint density at radius 1 is 0.912 bits per heavy atom. The van der Waals surface area contributed by atoms with Gasteiger partial charge in [0.2, 0.25) is 0 Å². The summed E-state index contributed by atoms with van der Waals surface area (Å²) in [6.45, 7) is 2.79. The number of rotatable bonds is 3. The molecule has 1 aliphatic carbocycles. The number of anilines is 2. The number of carbonyl (C=O) groups excluding carboxylic acids is 1. The number of nitrogens with zero attached hydrogens (tertiary/aromatic N) is 3. The third-order valence-electron chi connectivity index (χ3n) is 6.71. The number of carbonyl (C=O) groups is 1. The highest BCUT2D eigenvalue weighted by Crippen LogP contribution is 2.39. The number of amides is 2. The topological polar surface area (TPSA) is 84.5 Å². The molecule has 4 aromatic rings. The van der Waals surface area contributed by atoms with Gasteiger partial charge in [0.05, 0.1) is 11.4 Å². The van der Waals surface area contributed by atoms with E-state index in [-0.39, 0.29) is 11.8 Å². The summed E-state index contributed by atoms with van der Waals surface area (Å²) in [6.07, 6.45) is 0.881. The van der Waals surface area contributed by atoms with Gasteiger partial charge in [-0.05, 0) is 42.0 Å². The van der Waals surface area contributed by atoms with Crippen molar-refractivity contribution in [1.29, 1.82) is 0 Å². The maximum atomic E-state index is 12.8. The van der Waals surface area contributed by atoms with E-state index < -0.39 is 0 Å². The summed E-state index contributed by atoms with van der Waals surface area (Å²) >= 11 is 0. The Morgan fingerprint density at radius 3 is 2.41 bits per heavy atom. The number of H-pyrrole nitrogens is 1. The Kier molecular flexibility index (Phi) is 4.95. The van der Waals surface area contributed by atoms with E-state index in [1.165, 1.54) is 16.7 Å². The van der Waals surface area contributed by atoms with Crippen LogP contribution < -0.4 is 10.2 Å². The molecule has 170 valence electrons. The Labute approximate surface area is 197 Å². The number of piperazine rings is 1. The number of aromatic hydroxyl groups is 1. The lowest BCUT2D eigenvalue weighted by atomic mass is 10.1. The van der Waals surface area contributed by atoms with Gasteiger partial charge in [0.1, 0.15) is 5.75 Å². The van der Waals surface area contributed by atoms with Crippen LogP contribution in [0.1, 0.15) is 11.1 Å². The Bertz CT molecular complexity index is 1340. The van der Waals surface area contributed by atoms with Crippen molar-refractivity contribution < 1.29 is 9.90 Å². The van der Waals surface area contributed by atoms with Crippen molar-refractivity contribution in [3.05, 3.63) is 83.9 Å². The molecule has 0 bridgehead atoms. The molecule has 2 amide bonds. The van der Waals surface area contributed by atoms with Gasteiger partial charge in [-0.3, -0.25) is 5.10 Å². The van der Waals surface area contributed by atoms with Crippen molar-refractivity contribution in [2.75, 3.05) is 36.4 Å². The fourth-order valence-electron chi connectivity index (χ4n) is 4.85. The van der Waals surface area contributed by atoms with Crippen LogP contribution in [-0.2, 0) is 6.42 Å². The number of phenolic OH excluding ortho intramolecular Hbond substituents is 1. The van der Waals surface area contributed by atoms with E-state index in [9.17, 15) is 9.90 Å². The molecule has 0 unspecified atom stereocenters. The highest BCUT2D eigenvalue weighted by molar-refractivity contribution is 5.90. The largest absolute Gasteiger partial charge is 0.508 e. The minimum Gasteiger partial charge on any atom is -0.508 e. The first-order valence-electron chi connectivity index (χ1n) is 11.5. The van der Waals surface area contributed by atoms with E-state index in [4.69, 9.17) is 0 Å². The summed E-state index contributed by atoms with van der Waals surface area (Å²) in [5.74, 6) is 0.259. The molecule has 0 spiro atoms. The van der Waals surface area contributed by atoms with E-state index in [1.807, 2.05) is 41.3 Å². The van der Waals surface area contributed by atoms with Crippen LogP contribution in [0.5, 0.6) is 5.75 Å². The molecule has 0 radical (unpaired) electrons. The number of phenols is 1. The van der Waals surface area contributed by atoms with Crippen molar-refractivity contribution in [3.63, 3.8) is 0 Å². The lowest BCUT2D eigenvalue weighted by molar-refractivity contribution is 0.208. The molecule has 2 heterocycles. The second kappa shape index (κ2) is 8.26. The maximum absolute atomic E-state index is 12.8. The molecule has 7 nitrogen and oxygen atoms in total. The van der Waals surface area contributed by atoms with Gasteiger partial charge in [0, 0.05) is 60.7 Å². The first kappa shape index (κ1) is 20.4. The molecule has 0 atom stereocenters. The predicted octanol–water partition coefficient (Wildman–Crippen LogP) is 4.71. The zero-order valence-electron chi connectivity index (χ0n) is 18.7. The fraction of sp³-hybridized carbons (Fsp3) is 0.185. The second-order valence-electron chi connectivity index (χ2n) is 8.76. The van der Waals surface area contributed by atoms with Gasteiger partial charge < -0.3 is 20.2 Å². The van der Waals surface area contributed by atoms with Crippen LogP contribution in [0.25, 0.3) is 22.5 Å². The smallest absolute Gasteiger partial charge is 0.321 e. The van der Waals surface area contributed by atoms with Crippen LogP contribution in [0.15, 0.2) is 72.8 Å². The SMILES string of the molecule is O=C(Nc1ccc(-c2n[nH]c3c2Cc2ccccc2-3)cc1)N1CCN(c2ccc(O)cc2)CC1. The van der Waals surface area contributed by atoms with Crippen molar-refractivity contribution in [2.45, 2.75) is 6.42 Å². The molecule has 1 fully saturated rings. The molecule has 0 saturated carbocycles. The van der Waals surface area contributed by atoms with Crippen LogP contribution in [0.4, 0.5) is 16.2 Å². The summed E-state index contributed by atoms with van der Waals surface area (Å²) in [4.78, 5) is 16.9. The van der Waals surface area contributed by atoms with E-state index >= 15 is 0 Å². The van der Waals surface area contributed by atoms with Gasteiger partial charge in [0.25, 0.3) is 0 Å². The van der Waals surface area contributed by atoms with E-state index in [0.717, 1.165) is 47.8 Å². The van der Waals surface area contributed by atoms with Gasteiger partial charge in [-0.15, -0.1) is 0 Å². The van der Waals surface area contributed by atoms with E-state index in [1.54, 1.807) is 12.1 Å². The Hall–Kier alpha value is -4.26. The first-order valence-corrected chi connectivity index (χ1v) is 11.5. The normalized spacial score (nSPS) is 14.6. The summed E-state index contributed by atoms with van der Waals surface area (Å²) in [5.41, 5.74) is 8.71. The highest BCUT2D eigenvalue weighted by Gasteiger charge is 2.25. The third-order valence-corrected chi connectivity index (χ3v) is 6.71. The zero-order chi connectivity index (χ0) is 23.1. The minimum absolute atomic E-state index is 0.0887. The fourth-order valence-corrected chi connectivity index (χ4v) is 4.85. The lowest BCUT2D eigenvalue weighted by Gasteiger charge is -2.36. The monoisotopic (exact) mass is 451 g/mol. The summed E-state index contributed by atoms with van der Waals surface area (Å²) in [6, 6.07) is 23.4. The van der Waals surface area contributed by atoms with Gasteiger partial charge >= 0.3 is 6.03 Å². The van der Waals surface area contributed by atoms with Crippen LogP contribution >= 0.6 is 0 Å². The first-order chi connectivity index (χ1) is 16.7. The number of aromatic nitrogens is 2. The van der Waals surface area contributed by atoms with Crippen molar-refractivity contribution in [3.8, 4) is 28.3 Å². The summed E-state index contributed by atoms with van der Waals surface area (Å²) in [5, 5.41) is 20.3. The number of aromatic amines is 1. The molecule has 2 aliphatic rings. The molecule has 1 aliphatic heterocycles. The van der Waals surface area contributed by atoms with Gasteiger partial charge in [-0.2, -0.15) is 5.10 Å². The quantitative estimate of drug-likeness (QED) is 0.371. The number of hydrogen-bond donors (Lipinski definition) is 3. The highest BCUT2D eigenvalue weighted by atomic mass is 16.3. The zero-order valence-corrected chi connectivity index (χ0v) is 18.7. The van der Waals surface area contributed by atoms with Crippen LogP contribution in [0.2, 0.25) is 0 Å². The average Bonchev–Trinajstić information content (AvgIpc) is 3.45. The van der Waals surface area contributed by atoms with Gasteiger partial charge in [0.15, 0.2) is 0 Å². The predicted molar refractivity (Wildman–Crippen MR) is 133 cm³/mol. The number of benzene rings is 3. The van der Waals surface area contributed by atoms with Crippen LogP contribution in [0, 0.1) is 0 Å².